The number of anilines is 2. The Balaban J connectivity index is 1.82. The van der Waals surface area contributed by atoms with Gasteiger partial charge in [-0.2, -0.15) is 5.10 Å². The molecular weight excluding hydrogens is 262 g/mol. The molecule has 2 aromatic carbocycles. The van der Waals surface area contributed by atoms with E-state index in [9.17, 15) is 8.78 Å². The van der Waals surface area contributed by atoms with Crippen LogP contribution < -0.4 is 11.1 Å². The number of H-pyrrole nitrogens is 1. The van der Waals surface area contributed by atoms with Crippen LogP contribution in [0.4, 0.5) is 20.2 Å². The van der Waals surface area contributed by atoms with Gasteiger partial charge in [0.25, 0.3) is 0 Å². The van der Waals surface area contributed by atoms with Gasteiger partial charge in [-0.3, -0.25) is 5.10 Å². The molecule has 3 aromatic rings. The van der Waals surface area contributed by atoms with Crippen molar-refractivity contribution in [2.45, 2.75) is 6.54 Å². The molecule has 0 aliphatic heterocycles. The molecule has 0 radical (unpaired) electrons. The first kappa shape index (κ1) is 12.4. The first-order valence-electron chi connectivity index (χ1n) is 6.04. The fourth-order valence-corrected chi connectivity index (χ4v) is 2.01. The minimum atomic E-state index is -0.860. The number of aromatic nitrogens is 2. The van der Waals surface area contributed by atoms with E-state index in [2.05, 4.69) is 15.5 Å². The highest BCUT2D eigenvalue weighted by atomic mass is 19.2. The van der Waals surface area contributed by atoms with Gasteiger partial charge in [-0.25, -0.2) is 8.78 Å². The molecule has 0 saturated heterocycles. The standard InChI is InChI=1S/C14H12F2N4/c15-10-2-1-8(3-11(10)16)6-18-14-5-13-9(4-12(14)17)7-19-20-13/h1-5,7,18H,6,17H2,(H,19,20). The van der Waals surface area contributed by atoms with Crippen molar-refractivity contribution in [1.82, 2.24) is 10.2 Å². The van der Waals surface area contributed by atoms with E-state index in [1.165, 1.54) is 6.07 Å². The van der Waals surface area contributed by atoms with Crippen LogP contribution in [0, 0.1) is 11.6 Å². The van der Waals surface area contributed by atoms with Crippen molar-refractivity contribution in [3.05, 3.63) is 53.7 Å². The Morgan fingerprint density at radius 1 is 1.15 bits per heavy atom. The molecule has 20 heavy (non-hydrogen) atoms. The van der Waals surface area contributed by atoms with Crippen LogP contribution in [0.5, 0.6) is 0 Å². The van der Waals surface area contributed by atoms with Crippen LogP contribution in [0.3, 0.4) is 0 Å². The predicted octanol–water partition coefficient (Wildman–Crippen LogP) is 3.04. The Labute approximate surface area is 113 Å². The van der Waals surface area contributed by atoms with Gasteiger partial charge in [0.05, 0.1) is 23.1 Å². The molecular formula is C14H12F2N4. The van der Waals surface area contributed by atoms with Crippen molar-refractivity contribution in [3.8, 4) is 0 Å². The van der Waals surface area contributed by atoms with Crippen molar-refractivity contribution < 1.29 is 8.78 Å². The number of fused-ring (bicyclic) bond motifs is 1. The van der Waals surface area contributed by atoms with E-state index in [1.807, 2.05) is 6.07 Å². The monoisotopic (exact) mass is 274 g/mol. The number of hydrogen-bond acceptors (Lipinski definition) is 3. The first-order chi connectivity index (χ1) is 9.63. The van der Waals surface area contributed by atoms with Gasteiger partial charge in [0.15, 0.2) is 11.6 Å². The number of nitrogen functional groups attached to an aromatic ring is 1. The van der Waals surface area contributed by atoms with Gasteiger partial charge in [-0.1, -0.05) is 6.07 Å². The number of nitrogens with one attached hydrogen (secondary N) is 2. The van der Waals surface area contributed by atoms with Crippen LogP contribution in [0.15, 0.2) is 36.5 Å². The molecule has 1 aromatic heterocycles. The summed E-state index contributed by atoms with van der Waals surface area (Å²) in [5, 5.41) is 10.8. The zero-order valence-corrected chi connectivity index (χ0v) is 10.5. The molecule has 3 rings (SSSR count). The summed E-state index contributed by atoms with van der Waals surface area (Å²) in [6.45, 7) is 0.348. The lowest BCUT2D eigenvalue weighted by molar-refractivity contribution is 0.507. The Kier molecular flexibility index (Phi) is 2.98. The molecule has 1 heterocycles. The third-order valence-corrected chi connectivity index (χ3v) is 3.08. The molecule has 0 saturated carbocycles. The predicted molar refractivity (Wildman–Crippen MR) is 74.2 cm³/mol. The number of aromatic amines is 1. The van der Waals surface area contributed by atoms with Gasteiger partial charge in [0.1, 0.15) is 0 Å². The topological polar surface area (TPSA) is 66.7 Å². The second-order valence-electron chi connectivity index (χ2n) is 4.50. The quantitative estimate of drug-likeness (QED) is 0.643. The maximum atomic E-state index is 13.1. The number of nitrogens with zero attached hydrogens (tertiary/aromatic N) is 1. The summed E-state index contributed by atoms with van der Waals surface area (Å²) in [4.78, 5) is 0. The second-order valence-corrected chi connectivity index (χ2v) is 4.50. The zero-order valence-electron chi connectivity index (χ0n) is 10.5. The average Bonchev–Trinajstić information content (AvgIpc) is 2.87. The van der Waals surface area contributed by atoms with Crippen molar-refractivity contribution in [1.29, 1.82) is 0 Å². The van der Waals surface area contributed by atoms with Gasteiger partial charge < -0.3 is 11.1 Å². The average molecular weight is 274 g/mol. The lowest BCUT2D eigenvalue weighted by Crippen LogP contribution is -2.03. The number of hydrogen-bond donors (Lipinski definition) is 3. The lowest BCUT2D eigenvalue weighted by Gasteiger charge is -2.10. The molecule has 4 N–H and O–H groups in total. The van der Waals surface area contributed by atoms with Gasteiger partial charge in [0, 0.05) is 11.9 Å². The maximum Gasteiger partial charge on any atom is 0.159 e. The van der Waals surface area contributed by atoms with Crippen LogP contribution >= 0.6 is 0 Å². The fraction of sp³-hybridized carbons (Fsp3) is 0.0714. The highest BCUT2D eigenvalue weighted by Crippen LogP contribution is 2.25. The highest BCUT2D eigenvalue weighted by Gasteiger charge is 2.05. The van der Waals surface area contributed by atoms with Crippen molar-refractivity contribution >= 4 is 22.3 Å². The number of halogens is 2. The summed E-state index contributed by atoms with van der Waals surface area (Å²) < 4.78 is 25.9. The zero-order chi connectivity index (χ0) is 14.1. The summed E-state index contributed by atoms with van der Waals surface area (Å²) in [5.41, 5.74) is 8.70. The molecule has 0 aliphatic carbocycles. The van der Waals surface area contributed by atoms with Crippen molar-refractivity contribution in [2.75, 3.05) is 11.1 Å². The summed E-state index contributed by atoms with van der Waals surface area (Å²) in [6, 6.07) is 7.42. The summed E-state index contributed by atoms with van der Waals surface area (Å²) >= 11 is 0. The Morgan fingerprint density at radius 3 is 2.80 bits per heavy atom. The largest absolute Gasteiger partial charge is 0.397 e. The molecule has 0 atom stereocenters. The van der Waals surface area contributed by atoms with Crippen LogP contribution in [0.25, 0.3) is 10.9 Å². The molecule has 102 valence electrons. The summed E-state index contributed by atoms with van der Waals surface area (Å²) in [5.74, 6) is -1.71. The molecule has 6 heteroatoms. The summed E-state index contributed by atoms with van der Waals surface area (Å²) in [7, 11) is 0. The Hall–Kier alpha value is -2.63. The first-order valence-corrected chi connectivity index (χ1v) is 6.04. The molecule has 0 fully saturated rings. The molecule has 0 unspecified atom stereocenters. The third kappa shape index (κ3) is 2.27. The van der Waals surface area contributed by atoms with Crippen molar-refractivity contribution in [3.63, 3.8) is 0 Å². The van der Waals surface area contributed by atoms with Gasteiger partial charge in [0.2, 0.25) is 0 Å². The van der Waals surface area contributed by atoms with Gasteiger partial charge in [-0.15, -0.1) is 0 Å². The van der Waals surface area contributed by atoms with Crippen LogP contribution in [-0.2, 0) is 6.54 Å². The molecule has 0 bridgehead atoms. The maximum absolute atomic E-state index is 13.1. The van der Waals surface area contributed by atoms with Crippen LogP contribution in [-0.4, -0.2) is 10.2 Å². The van der Waals surface area contributed by atoms with E-state index in [0.29, 0.717) is 23.5 Å². The minimum Gasteiger partial charge on any atom is -0.397 e. The van der Waals surface area contributed by atoms with Crippen LogP contribution in [0.2, 0.25) is 0 Å². The second kappa shape index (κ2) is 4.80. The lowest BCUT2D eigenvalue weighted by atomic mass is 10.2. The SMILES string of the molecule is Nc1cc2cn[nH]c2cc1NCc1ccc(F)c(F)c1. The van der Waals surface area contributed by atoms with E-state index >= 15 is 0 Å². The number of benzene rings is 2. The molecule has 0 amide bonds. The molecule has 4 nitrogen and oxygen atoms in total. The van der Waals surface area contributed by atoms with Crippen LogP contribution in [0.1, 0.15) is 5.56 Å². The fourth-order valence-electron chi connectivity index (χ4n) is 2.01. The molecule has 0 spiro atoms. The normalized spacial score (nSPS) is 10.9. The highest BCUT2D eigenvalue weighted by molar-refractivity contribution is 5.88. The van der Waals surface area contributed by atoms with E-state index in [-0.39, 0.29) is 0 Å². The Morgan fingerprint density at radius 2 is 2.00 bits per heavy atom. The van der Waals surface area contributed by atoms with Gasteiger partial charge >= 0.3 is 0 Å². The van der Waals surface area contributed by atoms with Crippen molar-refractivity contribution in [2.24, 2.45) is 0 Å². The Bertz CT molecular complexity index is 767. The minimum absolute atomic E-state index is 0.348. The van der Waals surface area contributed by atoms with Gasteiger partial charge in [-0.05, 0) is 29.8 Å². The summed E-state index contributed by atoms with van der Waals surface area (Å²) in [6.07, 6.45) is 1.69. The van der Waals surface area contributed by atoms with E-state index < -0.39 is 11.6 Å². The smallest absolute Gasteiger partial charge is 0.159 e. The number of rotatable bonds is 3. The van der Waals surface area contributed by atoms with E-state index in [0.717, 1.165) is 23.0 Å². The number of nitrogens with two attached hydrogens (primary N) is 1. The van der Waals surface area contributed by atoms with E-state index in [1.54, 1.807) is 12.3 Å². The molecule has 0 aliphatic rings. The third-order valence-electron chi connectivity index (χ3n) is 3.08. The van der Waals surface area contributed by atoms with E-state index in [4.69, 9.17) is 5.73 Å².